The Balaban J connectivity index is 1.38. The predicted molar refractivity (Wildman–Crippen MR) is 119 cm³/mol. The van der Waals surface area contributed by atoms with Crippen molar-refractivity contribution in [3.8, 4) is 0 Å². The molecular formula is C23H26Cl2N2O3. The van der Waals surface area contributed by atoms with E-state index in [0.717, 1.165) is 31.5 Å². The molecule has 1 saturated heterocycles. The fourth-order valence-corrected chi connectivity index (χ4v) is 5.21. The Hall–Kier alpha value is -1.79. The fourth-order valence-electron chi connectivity index (χ4n) is 4.64. The highest BCUT2D eigenvalue weighted by Crippen LogP contribution is 2.37. The lowest BCUT2D eigenvalue weighted by atomic mass is 9.97. The molecule has 2 aromatic carbocycles. The van der Waals surface area contributed by atoms with Gasteiger partial charge in [-0.3, -0.25) is 4.90 Å². The standard InChI is InChI=1S/C23H26Cl2N2O3/c24-18-11-16(12-19(25)14-18)5-10-30-15-21-20-4-2-1-3-17(20)13-22(21)26-6-8-27(9-7-26)23(28)29/h1-4,11-12,14,21-22H,5-10,13,15H2,(H,28,29)/t21?,22-/m1/s1. The molecule has 2 aliphatic rings. The first-order valence-corrected chi connectivity index (χ1v) is 11.1. The number of benzene rings is 2. The van der Waals surface area contributed by atoms with Crippen molar-refractivity contribution in [2.24, 2.45) is 0 Å². The third-order valence-electron chi connectivity index (χ3n) is 6.16. The molecule has 0 bridgehead atoms. The Morgan fingerprint density at radius 3 is 2.47 bits per heavy atom. The van der Waals surface area contributed by atoms with Crippen LogP contribution < -0.4 is 0 Å². The summed E-state index contributed by atoms with van der Waals surface area (Å²) in [6.45, 7) is 3.91. The lowest BCUT2D eigenvalue weighted by Crippen LogP contribution is -2.53. The van der Waals surface area contributed by atoms with E-state index in [1.54, 1.807) is 6.07 Å². The Bertz CT molecular complexity index is 880. The normalized spacial score (nSPS) is 21.6. The van der Waals surface area contributed by atoms with Gasteiger partial charge in [0, 0.05) is 48.2 Å². The van der Waals surface area contributed by atoms with E-state index in [1.807, 2.05) is 12.1 Å². The van der Waals surface area contributed by atoms with Crippen molar-refractivity contribution in [3.05, 3.63) is 69.2 Å². The summed E-state index contributed by atoms with van der Waals surface area (Å²) in [5, 5.41) is 10.5. The molecule has 4 rings (SSSR count). The SMILES string of the molecule is O=C(O)N1CCN([C@@H]2Cc3ccccc3C2COCCc2cc(Cl)cc(Cl)c2)CC1. The molecular weight excluding hydrogens is 423 g/mol. The Kier molecular flexibility index (Phi) is 6.84. The summed E-state index contributed by atoms with van der Waals surface area (Å²) in [6.07, 6.45) is 0.919. The molecule has 30 heavy (non-hydrogen) atoms. The zero-order valence-electron chi connectivity index (χ0n) is 16.8. The molecule has 2 atom stereocenters. The van der Waals surface area contributed by atoms with Crippen molar-refractivity contribution in [2.45, 2.75) is 24.8 Å². The van der Waals surface area contributed by atoms with Crippen molar-refractivity contribution in [2.75, 3.05) is 39.4 Å². The highest BCUT2D eigenvalue weighted by molar-refractivity contribution is 6.34. The minimum Gasteiger partial charge on any atom is -0.465 e. The van der Waals surface area contributed by atoms with Crippen LogP contribution in [0, 0.1) is 0 Å². The van der Waals surface area contributed by atoms with Gasteiger partial charge in [-0.1, -0.05) is 47.5 Å². The van der Waals surface area contributed by atoms with Crippen LogP contribution in [0.2, 0.25) is 10.0 Å². The van der Waals surface area contributed by atoms with Crippen LogP contribution in [-0.4, -0.2) is 66.4 Å². The Morgan fingerprint density at radius 1 is 1.07 bits per heavy atom. The smallest absolute Gasteiger partial charge is 0.407 e. The summed E-state index contributed by atoms with van der Waals surface area (Å²) in [7, 11) is 0. The van der Waals surface area contributed by atoms with Gasteiger partial charge >= 0.3 is 6.09 Å². The summed E-state index contributed by atoms with van der Waals surface area (Å²) in [6, 6.07) is 14.5. The maximum atomic E-state index is 11.2. The Labute approximate surface area is 187 Å². The van der Waals surface area contributed by atoms with Crippen LogP contribution in [0.25, 0.3) is 0 Å². The summed E-state index contributed by atoms with van der Waals surface area (Å²) in [4.78, 5) is 15.2. The predicted octanol–water partition coefficient (Wildman–Crippen LogP) is 4.56. The number of rotatable bonds is 6. The van der Waals surface area contributed by atoms with E-state index in [2.05, 4.69) is 29.2 Å². The van der Waals surface area contributed by atoms with Crippen molar-refractivity contribution >= 4 is 29.3 Å². The molecule has 7 heteroatoms. The zero-order valence-corrected chi connectivity index (χ0v) is 18.3. The monoisotopic (exact) mass is 448 g/mol. The molecule has 1 N–H and O–H groups in total. The molecule has 160 valence electrons. The highest BCUT2D eigenvalue weighted by Gasteiger charge is 2.37. The van der Waals surface area contributed by atoms with Crippen molar-refractivity contribution < 1.29 is 14.6 Å². The van der Waals surface area contributed by atoms with Gasteiger partial charge in [-0.05, 0) is 47.7 Å². The minimum absolute atomic E-state index is 0.292. The average molecular weight is 449 g/mol. The number of carbonyl (C=O) groups is 1. The molecule has 5 nitrogen and oxygen atoms in total. The molecule has 1 aliphatic carbocycles. The largest absolute Gasteiger partial charge is 0.465 e. The third kappa shape index (κ3) is 4.92. The van der Waals surface area contributed by atoms with Gasteiger partial charge in [-0.2, -0.15) is 0 Å². The molecule has 1 amide bonds. The average Bonchev–Trinajstić information content (AvgIpc) is 3.09. The van der Waals surface area contributed by atoms with Gasteiger partial charge in [0.15, 0.2) is 0 Å². The van der Waals surface area contributed by atoms with Gasteiger partial charge < -0.3 is 14.7 Å². The van der Waals surface area contributed by atoms with Gasteiger partial charge in [0.1, 0.15) is 0 Å². The number of ether oxygens (including phenoxy) is 1. The van der Waals surface area contributed by atoms with Crippen LogP contribution in [-0.2, 0) is 17.6 Å². The van der Waals surface area contributed by atoms with Crippen LogP contribution in [0.3, 0.4) is 0 Å². The molecule has 1 heterocycles. The molecule has 1 unspecified atom stereocenters. The van der Waals surface area contributed by atoms with E-state index in [9.17, 15) is 9.90 Å². The van der Waals surface area contributed by atoms with Crippen molar-refractivity contribution in [3.63, 3.8) is 0 Å². The number of nitrogens with zero attached hydrogens (tertiary/aromatic N) is 2. The fraction of sp³-hybridized carbons (Fsp3) is 0.435. The van der Waals surface area contributed by atoms with Crippen LogP contribution in [0.1, 0.15) is 22.6 Å². The maximum absolute atomic E-state index is 11.2. The lowest BCUT2D eigenvalue weighted by Gasteiger charge is -2.39. The van der Waals surface area contributed by atoms with Gasteiger partial charge in [0.05, 0.1) is 13.2 Å². The van der Waals surface area contributed by atoms with Gasteiger partial charge in [-0.25, -0.2) is 4.79 Å². The van der Waals surface area contributed by atoms with E-state index in [0.29, 0.717) is 48.3 Å². The van der Waals surface area contributed by atoms with Crippen LogP contribution in [0.4, 0.5) is 4.79 Å². The van der Waals surface area contributed by atoms with Crippen molar-refractivity contribution in [1.29, 1.82) is 0 Å². The number of amides is 1. The van der Waals surface area contributed by atoms with E-state index in [-0.39, 0.29) is 0 Å². The zero-order chi connectivity index (χ0) is 21.1. The maximum Gasteiger partial charge on any atom is 0.407 e. The third-order valence-corrected chi connectivity index (χ3v) is 6.59. The summed E-state index contributed by atoms with van der Waals surface area (Å²) in [5.74, 6) is 0.292. The van der Waals surface area contributed by atoms with Crippen molar-refractivity contribution in [1.82, 2.24) is 9.80 Å². The van der Waals surface area contributed by atoms with Crippen LogP contribution in [0.5, 0.6) is 0 Å². The van der Waals surface area contributed by atoms with E-state index in [4.69, 9.17) is 27.9 Å². The van der Waals surface area contributed by atoms with Gasteiger partial charge in [-0.15, -0.1) is 0 Å². The number of piperazine rings is 1. The summed E-state index contributed by atoms with van der Waals surface area (Å²) in [5.41, 5.74) is 3.80. The first kappa shape index (κ1) is 21.4. The minimum atomic E-state index is -0.828. The molecule has 1 fully saturated rings. The second kappa shape index (κ2) is 9.56. The second-order valence-corrected chi connectivity index (χ2v) is 8.86. The van der Waals surface area contributed by atoms with E-state index in [1.165, 1.54) is 16.0 Å². The summed E-state index contributed by atoms with van der Waals surface area (Å²) >= 11 is 12.2. The number of halogens is 2. The topological polar surface area (TPSA) is 53.0 Å². The lowest BCUT2D eigenvalue weighted by molar-refractivity contribution is 0.0552. The molecule has 0 aromatic heterocycles. The molecule has 0 saturated carbocycles. The highest BCUT2D eigenvalue weighted by atomic mass is 35.5. The number of hydrogen-bond acceptors (Lipinski definition) is 3. The summed E-state index contributed by atoms with van der Waals surface area (Å²) < 4.78 is 6.12. The van der Waals surface area contributed by atoms with Crippen LogP contribution in [0.15, 0.2) is 42.5 Å². The quantitative estimate of drug-likeness (QED) is 0.658. The number of carboxylic acid groups (broad SMARTS) is 1. The number of fused-ring (bicyclic) bond motifs is 1. The van der Waals surface area contributed by atoms with E-state index >= 15 is 0 Å². The second-order valence-electron chi connectivity index (χ2n) is 7.98. The Morgan fingerprint density at radius 2 is 1.77 bits per heavy atom. The molecule has 0 spiro atoms. The molecule has 0 radical (unpaired) electrons. The van der Waals surface area contributed by atoms with Crippen LogP contribution >= 0.6 is 23.2 Å². The van der Waals surface area contributed by atoms with E-state index < -0.39 is 6.09 Å². The first-order valence-electron chi connectivity index (χ1n) is 10.3. The molecule has 1 aliphatic heterocycles. The first-order chi connectivity index (χ1) is 14.5. The number of hydrogen-bond donors (Lipinski definition) is 1. The van der Waals surface area contributed by atoms with Gasteiger partial charge in [0.25, 0.3) is 0 Å². The van der Waals surface area contributed by atoms with Gasteiger partial charge in [0.2, 0.25) is 0 Å². The molecule has 2 aromatic rings.